The molecular weight excluding hydrogens is 487 g/mol. The number of anilines is 2. The number of phenols is 2. The summed E-state index contributed by atoms with van der Waals surface area (Å²) in [6, 6.07) is 13.4. The van der Waals surface area contributed by atoms with Gasteiger partial charge in [-0.25, -0.2) is 0 Å². The van der Waals surface area contributed by atoms with E-state index in [9.17, 15) is 9.59 Å². The molecule has 2 aromatic carbocycles. The molecule has 35 heavy (non-hydrogen) atoms. The minimum absolute atomic E-state index is 0. The summed E-state index contributed by atoms with van der Waals surface area (Å²) in [6.07, 6.45) is 13.8. The first-order chi connectivity index (χ1) is 16.3. The van der Waals surface area contributed by atoms with Crippen molar-refractivity contribution >= 4 is 22.9 Å². The fraction of sp³-hybridized carbons (Fsp3) is 0.0714. The Kier molecular flexibility index (Phi) is 10.1. The molecule has 7 heteroatoms. The number of phenolic OH excluding ortho intramolecular Hbond substituents is 2. The molecule has 2 aliphatic rings. The van der Waals surface area contributed by atoms with E-state index in [0.717, 1.165) is 22.8 Å². The average Bonchev–Trinajstić information content (AvgIpc) is 2.83. The van der Waals surface area contributed by atoms with Crippen LogP contribution in [-0.4, -0.2) is 21.8 Å². The maximum absolute atomic E-state index is 11.6. The number of aromatic hydroxyl groups is 2. The predicted molar refractivity (Wildman–Crippen MR) is 135 cm³/mol. The van der Waals surface area contributed by atoms with Gasteiger partial charge in [-0.2, -0.15) is 0 Å². The van der Waals surface area contributed by atoms with Gasteiger partial charge in [-0.3, -0.25) is 9.59 Å². The smallest absolute Gasteiger partial charge is 0.187 e. The second-order valence-corrected chi connectivity index (χ2v) is 7.59. The van der Waals surface area contributed by atoms with Crippen molar-refractivity contribution in [2.45, 2.75) is 13.8 Å². The van der Waals surface area contributed by atoms with Gasteiger partial charge in [-0.1, -0.05) is 24.3 Å². The molecular formula is C28H26CoN2O4. The van der Waals surface area contributed by atoms with E-state index >= 15 is 0 Å². The van der Waals surface area contributed by atoms with Gasteiger partial charge >= 0.3 is 0 Å². The van der Waals surface area contributed by atoms with E-state index in [1.165, 1.54) is 12.2 Å². The van der Waals surface area contributed by atoms with Gasteiger partial charge < -0.3 is 20.8 Å². The molecule has 0 spiro atoms. The van der Waals surface area contributed by atoms with Gasteiger partial charge in [0.1, 0.15) is 11.5 Å². The number of carbonyl (C=O) groups excluding carboxylic acids is 2. The van der Waals surface area contributed by atoms with E-state index in [2.05, 4.69) is 10.6 Å². The minimum Gasteiger partial charge on any atom is -0.508 e. The standard InChI is InChI=1S/2C14H13NO2.Co/c2*1-10(13-4-2-3-5-14(13)17)15-11-6-8-12(16)9-7-11;/h2*2-9,15-16H,1H3;/b2*13-10-;. The van der Waals surface area contributed by atoms with Crippen molar-refractivity contribution in [3.63, 3.8) is 0 Å². The molecule has 0 aliphatic heterocycles. The Morgan fingerprint density at radius 1 is 0.571 bits per heavy atom. The summed E-state index contributed by atoms with van der Waals surface area (Å²) in [4.78, 5) is 23.2. The summed E-state index contributed by atoms with van der Waals surface area (Å²) < 4.78 is 0. The molecule has 4 rings (SSSR count). The van der Waals surface area contributed by atoms with Crippen LogP contribution >= 0.6 is 0 Å². The van der Waals surface area contributed by atoms with Crippen LogP contribution in [0.3, 0.4) is 0 Å². The van der Waals surface area contributed by atoms with Gasteiger partial charge in [0.25, 0.3) is 0 Å². The summed E-state index contributed by atoms with van der Waals surface area (Å²) in [5.41, 5.74) is 4.57. The zero-order valence-corrected chi connectivity index (χ0v) is 20.3. The van der Waals surface area contributed by atoms with Gasteiger partial charge in [0.2, 0.25) is 0 Å². The fourth-order valence-electron chi connectivity index (χ4n) is 3.21. The molecule has 2 aromatic rings. The van der Waals surface area contributed by atoms with E-state index in [4.69, 9.17) is 10.2 Å². The molecule has 0 aromatic heterocycles. The van der Waals surface area contributed by atoms with Crippen LogP contribution in [0, 0.1) is 0 Å². The molecule has 0 unspecified atom stereocenters. The van der Waals surface area contributed by atoms with Crippen LogP contribution in [0.5, 0.6) is 11.5 Å². The number of nitrogens with one attached hydrogen (secondary N) is 2. The molecule has 0 heterocycles. The van der Waals surface area contributed by atoms with Crippen LogP contribution in [0.1, 0.15) is 13.8 Å². The monoisotopic (exact) mass is 513 g/mol. The van der Waals surface area contributed by atoms with E-state index < -0.39 is 0 Å². The van der Waals surface area contributed by atoms with E-state index in [-0.39, 0.29) is 39.8 Å². The van der Waals surface area contributed by atoms with Crippen molar-refractivity contribution in [2.24, 2.45) is 0 Å². The van der Waals surface area contributed by atoms with E-state index in [0.29, 0.717) is 11.1 Å². The SMILES string of the molecule is C/C(Nc1ccc(O)cc1)=C1\C=CC=CC1=O.C/C(Nc1ccc(O)cc1)=C1\C=CC=CC1=O.[Co]. The van der Waals surface area contributed by atoms with Crippen molar-refractivity contribution in [3.05, 3.63) is 120 Å². The largest absolute Gasteiger partial charge is 0.508 e. The van der Waals surface area contributed by atoms with Crippen LogP contribution in [0.2, 0.25) is 0 Å². The Morgan fingerprint density at radius 3 is 1.20 bits per heavy atom. The van der Waals surface area contributed by atoms with Crippen LogP contribution in [0.15, 0.2) is 120 Å². The maximum atomic E-state index is 11.6. The molecule has 181 valence electrons. The number of hydrogen-bond acceptors (Lipinski definition) is 6. The molecule has 0 saturated carbocycles. The molecule has 2 aliphatic carbocycles. The zero-order valence-electron chi connectivity index (χ0n) is 19.3. The van der Waals surface area contributed by atoms with Gasteiger partial charge in [0.05, 0.1) is 0 Å². The summed E-state index contributed by atoms with van der Waals surface area (Å²) in [6.45, 7) is 3.70. The Bertz CT molecular complexity index is 1150. The Hall–Kier alpha value is -4.07. The Morgan fingerprint density at radius 2 is 0.886 bits per heavy atom. The van der Waals surface area contributed by atoms with Crippen molar-refractivity contribution < 1.29 is 36.6 Å². The quantitative estimate of drug-likeness (QED) is 0.317. The van der Waals surface area contributed by atoms with Crippen LogP contribution in [0.4, 0.5) is 11.4 Å². The third-order valence-electron chi connectivity index (χ3n) is 4.98. The Balaban J connectivity index is 0.000000240. The summed E-state index contributed by atoms with van der Waals surface area (Å²) in [5, 5.41) is 24.6. The first-order valence-electron chi connectivity index (χ1n) is 10.7. The molecule has 0 amide bonds. The first-order valence-corrected chi connectivity index (χ1v) is 10.7. The van der Waals surface area contributed by atoms with Crippen molar-refractivity contribution in [2.75, 3.05) is 10.6 Å². The fourth-order valence-corrected chi connectivity index (χ4v) is 3.21. The number of allylic oxidation sites excluding steroid dienone is 12. The van der Waals surface area contributed by atoms with E-state index in [1.54, 1.807) is 72.8 Å². The Labute approximate surface area is 215 Å². The average molecular weight is 513 g/mol. The summed E-state index contributed by atoms with van der Waals surface area (Å²) in [5.74, 6) is 0.433. The second-order valence-electron chi connectivity index (χ2n) is 7.59. The zero-order chi connectivity index (χ0) is 24.5. The summed E-state index contributed by atoms with van der Waals surface area (Å²) in [7, 11) is 0. The third kappa shape index (κ3) is 8.03. The number of benzene rings is 2. The summed E-state index contributed by atoms with van der Waals surface area (Å²) >= 11 is 0. The van der Waals surface area contributed by atoms with Gasteiger partial charge in [0, 0.05) is 50.7 Å². The number of ketones is 2. The molecule has 0 bridgehead atoms. The van der Waals surface area contributed by atoms with Gasteiger partial charge in [-0.15, -0.1) is 0 Å². The predicted octanol–water partition coefficient (Wildman–Crippen LogP) is 5.54. The van der Waals surface area contributed by atoms with Gasteiger partial charge in [-0.05, 0) is 86.7 Å². The molecule has 6 nitrogen and oxygen atoms in total. The molecule has 0 atom stereocenters. The topological polar surface area (TPSA) is 98.7 Å². The van der Waals surface area contributed by atoms with Gasteiger partial charge in [0.15, 0.2) is 11.6 Å². The number of carbonyl (C=O) groups is 2. The molecule has 0 saturated heterocycles. The molecule has 0 fully saturated rings. The molecule has 4 N–H and O–H groups in total. The minimum atomic E-state index is -0.00345. The van der Waals surface area contributed by atoms with Crippen LogP contribution in [0.25, 0.3) is 0 Å². The second kappa shape index (κ2) is 13.0. The van der Waals surface area contributed by atoms with Crippen LogP contribution < -0.4 is 10.6 Å². The van der Waals surface area contributed by atoms with Crippen molar-refractivity contribution in [3.8, 4) is 11.5 Å². The third-order valence-corrected chi connectivity index (χ3v) is 4.98. The first kappa shape index (κ1) is 27.2. The number of hydrogen-bond donors (Lipinski definition) is 4. The maximum Gasteiger partial charge on any atom is 0.187 e. The van der Waals surface area contributed by atoms with Crippen LogP contribution in [-0.2, 0) is 26.4 Å². The molecule has 1 radical (unpaired) electrons. The normalized spacial score (nSPS) is 16.6. The van der Waals surface area contributed by atoms with Crippen molar-refractivity contribution in [1.82, 2.24) is 0 Å². The van der Waals surface area contributed by atoms with E-state index in [1.807, 2.05) is 26.0 Å². The van der Waals surface area contributed by atoms with Crippen molar-refractivity contribution in [1.29, 1.82) is 0 Å². The number of rotatable bonds is 4.